The van der Waals surface area contributed by atoms with E-state index in [2.05, 4.69) is 0 Å². The Morgan fingerprint density at radius 1 is 1.19 bits per heavy atom. The zero-order valence-corrected chi connectivity index (χ0v) is 15.7. The number of anilines is 1. The molecule has 1 amide bonds. The third kappa shape index (κ3) is 3.72. The Kier molecular flexibility index (Phi) is 5.88. The maximum absolute atomic E-state index is 13.1. The number of nitrogens with zero attached hydrogens (tertiary/aromatic N) is 3. The number of rotatable bonds is 7. The molecule has 0 saturated carbocycles. The molecule has 142 valence electrons. The summed E-state index contributed by atoms with van der Waals surface area (Å²) in [4.78, 5) is 18.2. The Hall–Kier alpha value is -2.70. The average molecular weight is 367 g/mol. The van der Waals surface area contributed by atoms with E-state index >= 15 is 0 Å². The summed E-state index contributed by atoms with van der Waals surface area (Å²) in [6, 6.07) is 19.7. The predicted molar refractivity (Wildman–Crippen MR) is 105 cm³/mol. The molecule has 0 radical (unpaired) electrons. The number of para-hydroxylation sites is 1. The molecule has 1 unspecified atom stereocenters. The highest BCUT2D eigenvalue weighted by atomic mass is 16.7. The molecule has 6 nitrogen and oxygen atoms in total. The van der Waals surface area contributed by atoms with Crippen molar-refractivity contribution in [3.63, 3.8) is 0 Å². The van der Waals surface area contributed by atoms with Crippen LogP contribution >= 0.6 is 0 Å². The zero-order valence-electron chi connectivity index (χ0n) is 15.7. The first-order valence-corrected chi connectivity index (χ1v) is 9.02. The van der Waals surface area contributed by atoms with Crippen molar-refractivity contribution in [1.29, 1.82) is 0 Å². The number of carbonyl (C=O) groups is 1. The fourth-order valence-corrected chi connectivity index (χ4v) is 3.52. The Morgan fingerprint density at radius 3 is 2.41 bits per heavy atom. The van der Waals surface area contributed by atoms with Gasteiger partial charge in [0.1, 0.15) is 5.71 Å². The van der Waals surface area contributed by atoms with Crippen molar-refractivity contribution in [2.24, 2.45) is 5.10 Å². The molecule has 2 aromatic carbocycles. The van der Waals surface area contributed by atoms with E-state index in [4.69, 9.17) is 9.94 Å². The molecular weight excluding hydrogens is 342 g/mol. The van der Waals surface area contributed by atoms with E-state index in [1.165, 1.54) is 12.2 Å². The molecule has 0 bridgehead atoms. The number of hydrogen-bond donors (Lipinski definition) is 1. The van der Waals surface area contributed by atoms with Crippen LogP contribution < -0.4 is 5.01 Å². The van der Waals surface area contributed by atoms with E-state index in [9.17, 15) is 9.90 Å². The minimum Gasteiger partial charge on any atom is -0.396 e. The van der Waals surface area contributed by atoms with Crippen LogP contribution in [0, 0.1) is 0 Å². The van der Waals surface area contributed by atoms with Gasteiger partial charge >= 0.3 is 0 Å². The normalized spacial score (nSPS) is 19.1. The molecule has 0 spiro atoms. The second-order valence-corrected chi connectivity index (χ2v) is 6.60. The monoisotopic (exact) mass is 367 g/mol. The van der Waals surface area contributed by atoms with Crippen LogP contribution in [-0.4, -0.2) is 49.1 Å². The van der Waals surface area contributed by atoms with E-state index < -0.39 is 5.41 Å². The lowest BCUT2D eigenvalue weighted by molar-refractivity contribution is -0.160. The van der Waals surface area contributed by atoms with Crippen LogP contribution in [0.5, 0.6) is 0 Å². The lowest BCUT2D eigenvalue weighted by atomic mass is 9.73. The molecule has 2 aromatic rings. The van der Waals surface area contributed by atoms with E-state index in [0.717, 1.165) is 11.3 Å². The fourth-order valence-electron chi connectivity index (χ4n) is 3.52. The summed E-state index contributed by atoms with van der Waals surface area (Å²) in [6.45, 7) is 0.584. The summed E-state index contributed by atoms with van der Waals surface area (Å²) in [5.74, 6) is -0.280. The Balaban J connectivity index is 2.11. The average Bonchev–Trinajstić information content (AvgIpc) is 3.13. The number of aliphatic hydroxyl groups excluding tert-OH is 1. The van der Waals surface area contributed by atoms with Crippen LogP contribution in [0.1, 0.15) is 18.4 Å². The van der Waals surface area contributed by atoms with E-state index in [0.29, 0.717) is 25.1 Å². The molecule has 0 aliphatic carbocycles. The lowest BCUT2D eigenvalue weighted by Crippen LogP contribution is -2.46. The minimum absolute atomic E-state index is 0.0571. The molecule has 1 atom stereocenters. The van der Waals surface area contributed by atoms with Crippen molar-refractivity contribution in [3.05, 3.63) is 66.2 Å². The van der Waals surface area contributed by atoms with Gasteiger partial charge in [-0.25, -0.2) is 5.06 Å². The van der Waals surface area contributed by atoms with Crippen molar-refractivity contribution < 1.29 is 14.7 Å². The summed E-state index contributed by atoms with van der Waals surface area (Å²) >= 11 is 0. The van der Waals surface area contributed by atoms with Gasteiger partial charge in [0.05, 0.1) is 24.8 Å². The summed E-state index contributed by atoms with van der Waals surface area (Å²) in [6.07, 6.45) is 1.18. The van der Waals surface area contributed by atoms with Gasteiger partial charge in [0.25, 0.3) is 5.91 Å². The SMILES string of the molecule is CON(C)C(=O)C1=NN(c2ccccc2)CC1(CCCO)c1ccccc1. The summed E-state index contributed by atoms with van der Waals surface area (Å²) in [7, 11) is 3.04. The predicted octanol–water partition coefficient (Wildman–Crippen LogP) is 2.59. The van der Waals surface area contributed by atoms with Crippen LogP contribution in [0.3, 0.4) is 0 Å². The number of benzene rings is 2. The molecule has 3 rings (SSSR count). The van der Waals surface area contributed by atoms with Gasteiger partial charge in [-0.05, 0) is 30.5 Å². The molecule has 1 aliphatic heterocycles. The molecule has 0 saturated heterocycles. The molecule has 27 heavy (non-hydrogen) atoms. The highest BCUT2D eigenvalue weighted by Gasteiger charge is 2.48. The molecule has 1 aliphatic rings. The highest BCUT2D eigenvalue weighted by Crippen LogP contribution is 2.39. The first-order chi connectivity index (χ1) is 13.1. The van der Waals surface area contributed by atoms with Crippen molar-refractivity contribution in [2.45, 2.75) is 18.3 Å². The van der Waals surface area contributed by atoms with Crippen LogP contribution in [0.4, 0.5) is 5.69 Å². The molecular formula is C21H25N3O3. The minimum atomic E-state index is -0.621. The number of amides is 1. The van der Waals surface area contributed by atoms with Crippen molar-refractivity contribution in [2.75, 3.05) is 32.3 Å². The maximum Gasteiger partial charge on any atom is 0.294 e. The topological polar surface area (TPSA) is 65.4 Å². The number of hydroxylamine groups is 2. The van der Waals surface area contributed by atoms with Crippen LogP contribution in [0.25, 0.3) is 0 Å². The molecule has 1 heterocycles. The Bertz CT molecular complexity index is 795. The lowest BCUT2D eigenvalue weighted by Gasteiger charge is -2.32. The standard InChI is InChI=1S/C21H25N3O3/c1-23(27-2)20(26)19-21(14-9-15-25,17-10-5-3-6-11-17)16-24(22-19)18-12-7-4-8-13-18/h3-8,10-13,25H,9,14-16H2,1-2H3. The second kappa shape index (κ2) is 8.33. The van der Waals surface area contributed by atoms with Gasteiger partial charge in [0, 0.05) is 13.7 Å². The van der Waals surface area contributed by atoms with Gasteiger partial charge in [0.15, 0.2) is 0 Å². The molecule has 6 heteroatoms. The molecule has 0 aromatic heterocycles. The van der Waals surface area contributed by atoms with Crippen molar-refractivity contribution >= 4 is 17.3 Å². The first kappa shape index (κ1) is 19.1. The maximum atomic E-state index is 13.1. The van der Waals surface area contributed by atoms with Crippen LogP contribution in [0.15, 0.2) is 65.8 Å². The van der Waals surface area contributed by atoms with Gasteiger partial charge in [0.2, 0.25) is 0 Å². The number of hydrogen-bond acceptors (Lipinski definition) is 5. The van der Waals surface area contributed by atoms with Crippen molar-refractivity contribution in [3.8, 4) is 0 Å². The molecule has 1 N–H and O–H groups in total. The number of aliphatic hydroxyl groups is 1. The fraction of sp³-hybridized carbons (Fsp3) is 0.333. The largest absolute Gasteiger partial charge is 0.396 e. The van der Waals surface area contributed by atoms with E-state index in [1.807, 2.05) is 65.7 Å². The Morgan fingerprint density at radius 2 is 1.81 bits per heavy atom. The summed E-state index contributed by atoms with van der Waals surface area (Å²) in [5, 5.41) is 17.2. The zero-order chi connectivity index (χ0) is 19.3. The number of carbonyl (C=O) groups excluding carboxylic acids is 1. The number of hydrazone groups is 1. The third-order valence-corrected chi connectivity index (χ3v) is 5.00. The Labute approximate surface area is 159 Å². The van der Waals surface area contributed by atoms with Crippen LogP contribution in [0.2, 0.25) is 0 Å². The summed E-state index contributed by atoms with van der Waals surface area (Å²) < 4.78 is 0. The van der Waals surface area contributed by atoms with Gasteiger partial charge in [-0.2, -0.15) is 5.10 Å². The molecule has 0 fully saturated rings. The third-order valence-electron chi connectivity index (χ3n) is 5.00. The van der Waals surface area contributed by atoms with Crippen LogP contribution in [-0.2, 0) is 15.0 Å². The van der Waals surface area contributed by atoms with Gasteiger partial charge in [-0.1, -0.05) is 48.5 Å². The van der Waals surface area contributed by atoms with Gasteiger partial charge in [-0.15, -0.1) is 0 Å². The summed E-state index contributed by atoms with van der Waals surface area (Å²) in [5.41, 5.74) is 1.73. The van der Waals surface area contributed by atoms with Crippen molar-refractivity contribution in [1.82, 2.24) is 5.06 Å². The van der Waals surface area contributed by atoms with Gasteiger partial charge in [-0.3, -0.25) is 14.6 Å². The van der Waals surface area contributed by atoms with Gasteiger partial charge < -0.3 is 5.11 Å². The first-order valence-electron chi connectivity index (χ1n) is 9.02. The van der Waals surface area contributed by atoms with E-state index in [1.54, 1.807) is 7.05 Å². The quantitative estimate of drug-likeness (QED) is 0.764. The highest BCUT2D eigenvalue weighted by molar-refractivity contribution is 6.43. The smallest absolute Gasteiger partial charge is 0.294 e. The van der Waals surface area contributed by atoms with E-state index in [-0.39, 0.29) is 12.5 Å². The second-order valence-electron chi connectivity index (χ2n) is 6.60.